The quantitative estimate of drug-likeness (QED) is 0.592. The first-order valence-corrected chi connectivity index (χ1v) is 11.4. The Morgan fingerprint density at radius 3 is 2.24 bits per heavy atom. The first-order valence-electron chi connectivity index (χ1n) is 11.4. The Kier molecular flexibility index (Phi) is 5.34. The molecule has 1 aromatic heterocycles. The molecule has 8 heteroatoms. The minimum absolute atomic E-state index is 0.0118. The van der Waals surface area contributed by atoms with Crippen LogP contribution in [-0.4, -0.2) is 43.8 Å². The maximum absolute atomic E-state index is 12.2. The molecule has 3 N–H and O–H groups in total. The lowest BCUT2D eigenvalue weighted by Gasteiger charge is -2.63. The summed E-state index contributed by atoms with van der Waals surface area (Å²) < 4.78 is 6.24. The molecule has 0 saturated heterocycles. The fourth-order valence-electron chi connectivity index (χ4n) is 7.16. The number of hydrogen-bond donors (Lipinski definition) is 3. The van der Waals surface area contributed by atoms with Crippen LogP contribution in [0, 0.1) is 22.7 Å². The van der Waals surface area contributed by atoms with Crippen LogP contribution in [-0.2, 0) is 9.53 Å². The molecule has 3 aliphatic rings. The number of hydrogen-bond acceptors (Lipinski definition) is 5. The van der Waals surface area contributed by atoms with E-state index in [-0.39, 0.29) is 33.6 Å². The molecule has 1 aliphatic heterocycles. The highest BCUT2D eigenvalue weighted by Crippen LogP contribution is 2.65. The molecule has 1 aromatic rings. The predicted octanol–water partition coefficient (Wildman–Crippen LogP) is 4.70. The van der Waals surface area contributed by atoms with Gasteiger partial charge in [0.25, 0.3) is 0 Å². The maximum Gasteiger partial charge on any atom is 0.371 e. The van der Waals surface area contributed by atoms with Crippen molar-refractivity contribution in [3.05, 3.63) is 34.8 Å². The normalized spacial score (nSPS) is 32.8. The van der Waals surface area contributed by atoms with E-state index >= 15 is 0 Å². The SMILES string of the molecule is CC1(C)CCC[C@]2(C)[C@H]3CC(c4ccc(C(=O)O)nc4C(=O)O)=C(C(=O)O)O[C@]3(C)CC[C@@H]12. The Bertz CT molecular complexity index is 1070. The van der Waals surface area contributed by atoms with Gasteiger partial charge < -0.3 is 20.1 Å². The zero-order valence-electron chi connectivity index (χ0n) is 19.5. The summed E-state index contributed by atoms with van der Waals surface area (Å²) in [6, 6.07) is 2.55. The molecular formula is C25H31NO7. The molecule has 0 spiro atoms. The monoisotopic (exact) mass is 457 g/mol. The number of rotatable bonds is 4. The third kappa shape index (κ3) is 3.60. The average molecular weight is 458 g/mol. The molecule has 2 saturated carbocycles. The fourth-order valence-corrected chi connectivity index (χ4v) is 7.16. The van der Waals surface area contributed by atoms with Gasteiger partial charge in [0.15, 0.2) is 5.69 Å². The molecule has 0 aromatic carbocycles. The van der Waals surface area contributed by atoms with Crippen molar-refractivity contribution >= 4 is 23.5 Å². The number of ether oxygens (including phenoxy) is 1. The van der Waals surface area contributed by atoms with Crippen LogP contribution in [0.25, 0.3) is 5.57 Å². The van der Waals surface area contributed by atoms with Crippen molar-refractivity contribution in [1.82, 2.24) is 4.98 Å². The molecule has 0 amide bonds. The van der Waals surface area contributed by atoms with E-state index in [1.165, 1.54) is 12.1 Å². The lowest BCUT2D eigenvalue weighted by molar-refractivity contribution is -0.186. The highest BCUT2D eigenvalue weighted by molar-refractivity contribution is 6.00. The van der Waals surface area contributed by atoms with Crippen LogP contribution in [0.1, 0.15) is 92.8 Å². The fraction of sp³-hybridized carbons (Fsp3) is 0.600. The summed E-state index contributed by atoms with van der Waals surface area (Å²) in [4.78, 5) is 39.3. The van der Waals surface area contributed by atoms with E-state index in [4.69, 9.17) is 4.74 Å². The first kappa shape index (κ1) is 23.3. The van der Waals surface area contributed by atoms with Gasteiger partial charge in [0.2, 0.25) is 5.76 Å². The second kappa shape index (κ2) is 7.57. The van der Waals surface area contributed by atoms with E-state index < -0.39 is 34.9 Å². The Labute approximate surface area is 192 Å². The van der Waals surface area contributed by atoms with Crippen LogP contribution in [0.3, 0.4) is 0 Å². The number of pyridine rings is 1. The van der Waals surface area contributed by atoms with E-state index in [2.05, 4.69) is 25.8 Å². The van der Waals surface area contributed by atoms with Crippen molar-refractivity contribution in [2.45, 2.75) is 71.8 Å². The van der Waals surface area contributed by atoms with Crippen LogP contribution in [0.2, 0.25) is 0 Å². The van der Waals surface area contributed by atoms with Gasteiger partial charge in [0.1, 0.15) is 11.3 Å². The van der Waals surface area contributed by atoms with Gasteiger partial charge in [-0.25, -0.2) is 19.4 Å². The second-order valence-corrected chi connectivity index (χ2v) is 10.9. The number of carboxylic acid groups (broad SMARTS) is 3. The topological polar surface area (TPSA) is 134 Å². The number of carboxylic acids is 3. The average Bonchev–Trinajstić information content (AvgIpc) is 2.71. The van der Waals surface area contributed by atoms with Gasteiger partial charge in [-0.3, -0.25) is 0 Å². The van der Waals surface area contributed by atoms with Gasteiger partial charge in [0, 0.05) is 17.1 Å². The van der Waals surface area contributed by atoms with E-state index in [0.29, 0.717) is 12.3 Å². The molecule has 33 heavy (non-hydrogen) atoms. The van der Waals surface area contributed by atoms with Crippen LogP contribution < -0.4 is 0 Å². The van der Waals surface area contributed by atoms with Gasteiger partial charge in [-0.2, -0.15) is 0 Å². The van der Waals surface area contributed by atoms with Crippen molar-refractivity contribution < 1.29 is 34.4 Å². The summed E-state index contributed by atoms with van der Waals surface area (Å²) in [6.07, 6.45) is 5.25. The molecular weight excluding hydrogens is 426 g/mol. The van der Waals surface area contributed by atoms with Gasteiger partial charge in [-0.15, -0.1) is 0 Å². The number of nitrogens with zero attached hydrogens (tertiary/aromatic N) is 1. The lowest BCUT2D eigenvalue weighted by atomic mass is 9.44. The minimum Gasteiger partial charge on any atom is -0.480 e. The van der Waals surface area contributed by atoms with Crippen LogP contribution >= 0.6 is 0 Å². The Morgan fingerprint density at radius 2 is 1.64 bits per heavy atom. The molecule has 178 valence electrons. The number of allylic oxidation sites excluding steroid dienone is 1. The van der Waals surface area contributed by atoms with Crippen LogP contribution in [0.15, 0.2) is 17.9 Å². The Balaban J connectivity index is 1.88. The maximum atomic E-state index is 12.2. The van der Waals surface area contributed by atoms with Crippen LogP contribution in [0.4, 0.5) is 0 Å². The summed E-state index contributed by atoms with van der Waals surface area (Å²) in [5.74, 6) is -3.86. The van der Waals surface area contributed by atoms with Crippen molar-refractivity contribution in [1.29, 1.82) is 0 Å². The molecule has 2 aliphatic carbocycles. The predicted molar refractivity (Wildman–Crippen MR) is 119 cm³/mol. The summed E-state index contributed by atoms with van der Waals surface area (Å²) in [6.45, 7) is 8.86. The zero-order valence-corrected chi connectivity index (χ0v) is 19.5. The summed E-state index contributed by atoms with van der Waals surface area (Å²) >= 11 is 0. The third-order valence-corrected chi connectivity index (χ3v) is 8.59. The molecule has 2 fully saturated rings. The smallest absolute Gasteiger partial charge is 0.371 e. The number of aromatic nitrogens is 1. The molecule has 4 rings (SSSR count). The molecule has 0 unspecified atom stereocenters. The minimum atomic E-state index is -1.41. The molecule has 0 bridgehead atoms. The van der Waals surface area contributed by atoms with Gasteiger partial charge >= 0.3 is 17.9 Å². The largest absolute Gasteiger partial charge is 0.480 e. The van der Waals surface area contributed by atoms with Crippen molar-refractivity contribution in [3.63, 3.8) is 0 Å². The molecule has 2 heterocycles. The number of aliphatic carboxylic acids is 1. The molecule has 8 nitrogen and oxygen atoms in total. The van der Waals surface area contributed by atoms with Crippen molar-refractivity contribution in [2.75, 3.05) is 0 Å². The van der Waals surface area contributed by atoms with Crippen molar-refractivity contribution in [2.24, 2.45) is 22.7 Å². The number of aromatic carboxylic acids is 2. The van der Waals surface area contributed by atoms with E-state index in [1.807, 2.05) is 6.92 Å². The Morgan fingerprint density at radius 1 is 0.939 bits per heavy atom. The van der Waals surface area contributed by atoms with Crippen molar-refractivity contribution in [3.8, 4) is 0 Å². The summed E-state index contributed by atoms with van der Waals surface area (Å²) in [7, 11) is 0. The first-order chi connectivity index (χ1) is 15.3. The third-order valence-electron chi connectivity index (χ3n) is 8.59. The Hall–Kier alpha value is -2.90. The van der Waals surface area contributed by atoms with Gasteiger partial charge in [0.05, 0.1) is 0 Å². The number of carbonyl (C=O) groups is 3. The number of fused-ring (bicyclic) bond motifs is 3. The zero-order chi connectivity index (χ0) is 24.3. The second-order valence-electron chi connectivity index (χ2n) is 10.9. The highest BCUT2D eigenvalue weighted by atomic mass is 16.5. The van der Waals surface area contributed by atoms with Gasteiger partial charge in [-0.05, 0) is 67.9 Å². The highest BCUT2D eigenvalue weighted by Gasteiger charge is 2.61. The van der Waals surface area contributed by atoms with E-state index in [1.54, 1.807) is 0 Å². The van der Waals surface area contributed by atoms with Gasteiger partial charge in [-0.1, -0.05) is 27.2 Å². The molecule has 4 atom stereocenters. The standard InChI is InChI=1S/C25H31NO7/c1-23(2)9-5-10-24(3)16(23)8-11-25(4)17(24)12-14(19(33-25)22(31)32)13-6-7-15(20(27)28)26-18(13)21(29)30/h6-7,16-17H,5,8-12H2,1-4H3,(H,27,28)(H,29,30)(H,31,32)/t16-,17+,24-,25+/m0/s1. The van der Waals surface area contributed by atoms with Crippen LogP contribution in [0.5, 0.6) is 0 Å². The van der Waals surface area contributed by atoms with E-state index in [0.717, 1.165) is 32.1 Å². The molecule has 0 radical (unpaired) electrons. The lowest BCUT2D eigenvalue weighted by Crippen LogP contribution is -2.59. The summed E-state index contributed by atoms with van der Waals surface area (Å²) in [5, 5.41) is 29.0. The van der Waals surface area contributed by atoms with E-state index in [9.17, 15) is 29.7 Å². The summed E-state index contributed by atoms with van der Waals surface area (Å²) in [5.41, 5.74) is -1.12.